The first-order valence-corrected chi connectivity index (χ1v) is 7.78. The standard InChI is InChI=1S/C14H20N2O2S/c1-3-19-13-6-4-12(9-13)15-11-5-7-14(16(17)18)10(2)8-11/h5,7-8,12-13,15H,3-4,6,9H2,1-2H3. The first kappa shape index (κ1) is 14.2. The first-order chi connectivity index (χ1) is 9.10. The molecule has 1 aliphatic carbocycles. The van der Waals surface area contributed by atoms with Gasteiger partial charge in [0.05, 0.1) is 4.92 Å². The third-order valence-corrected chi connectivity index (χ3v) is 4.78. The predicted molar refractivity (Wildman–Crippen MR) is 81.0 cm³/mol. The quantitative estimate of drug-likeness (QED) is 0.654. The van der Waals surface area contributed by atoms with Crippen molar-refractivity contribution < 1.29 is 4.92 Å². The summed E-state index contributed by atoms with van der Waals surface area (Å²) in [6.45, 7) is 3.98. The van der Waals surface area contributed by atoms with Gasteiger partial charge >= 0.3 is 0 Å². The molecule has 0 aliphatic heterocycles. The molecule has 0 bridgehead atoms. The Bertz CT molecular complexity index is 465. The molecule has 2 rings (SSSR count). The van der Waals surface area contributed by atoms with E-state index in [4.69, 9.17) is 0 Å². The minimum Gasteiger partial charge on any atom is -0.382 e. The number of hydrogen-bond donors (Lipinski definition) is 1. The molecule has 4 nitrogen and oxygen atoms in total. The van der Waals surface area contributed by atoms with Crippen LogP contribution in [0.25, 0.3) is 0 Å². The van der Waals surface area contributed by atoms with Gasteiger partial charge in [0.2, 0.25) is 0 Å². The van der Waals surface area contributed by atoms with Gasteiger partial charge in [-0.05, 0) is 44.1 Å². The average molecular weight is 280 g/mol. The number of benzene rings is 1. The van der Waals surface area contributed by atoms with Crippen LogP contribution in [0.1, 0.15) is 31.7 Å². The van der Waals surface area contributed by atoms with Crippen LogP contribution >= 0.6 is 11.8 Å². The molecule has 0 saturated heterocycles. The molecule has 0 spiro atoms. The Morgan fingerprint density at radius 1 is 1.47 bits per heavy atom. The number of thioether (sulfide) groups is 1. The lowest BCUT2D eigenvalue weighted by molar-refractivity contribution is -0.385. The van der Waals surface area contributed by atoms with Crippen molar-refractivity contribution >= 4 is 23.1 Å². The summed E-state index contributed by atoms with van der Waals surface area (Å²) in [6.07, 6.45) is 3.64. The number of rotatable bonds is 5. The normalized spacial score (nSPS) is 22.4. The van der Waals surface area contributed by atoms with E-state index in [0.717, 1.165) is 10.9 Å². The molecule has 0 aromatic heterocycles. The second kappa shape index (κ2) is 6.28. The number of nitro benzene ring substituents is 1. The van der Waals surface area contributed by atoms with Gasteiger partial charge in [0.25, 0.3) is 5.69 Å². The van der Waals surface area contributed by atoms with Crippen LogP contribution in [0.5, 0.6) is 0 Å². The maximum atomic E-state index is 10.8. The topological polar surface area (TPSA) is 55.2 Å². The Balaban J connectivity index is 1.97. The van der Waals surface area contributed by atoms with Crippen LogP contribution in [-0.2, 0) is 0 Å². The number of nitro groups is 1. The molecule has 2 atom stereocenters. The lowest BCUT2D eigenvalue weighted by Gasteiger charge is -2.15. The molecule has 1 aliphatic rings. The van der Waals surface area contributed by atoms with Gasteiger partial charge in [-0.15, -0.1) is 0 Å². The van der Waals surface area contributed by atoms with E-state index in [1.165, 1.54) is 25.0 Å². The number of aryl methyl sites for hydroxylation is 1. The van der Waals surface area contributed by atoms with Crippen molar-refractivity contribution in [2.75, 3.05) is 11.1 Å². The van der Waals surface area contributed by atoms with Gasteiger partial charge in [0.1, 0.15) is 0 Å². The number of hydrogen-bond acceptors (Lipinski definition) is 4. The smallest absolute Gasteiger partial charge is 0.272 e. The summed E-state index contributed by atoms with van der Waals surface area (Å²) in [5.74, 6) is 1.17. The van der Waals surface area contributed by atoms with Gasteiger partial charge < -0.3 is 5.32 Å². The molecule has 19 heavy (non-hydrogen) atoms. The predicted octanol–water partition coefficient (Wildman–Crippen LogP) is 3.99. The molecule has 1 aromatic rings. The number of anilines is 1. The average Bonchev–Trinajstić information content (AvgIpc) is 2.76. The molecule has 1 saturated carbocycles. The van der Waals surface area contributed by atoms with Gasteiger partial charge in [-0.2, -0.15) is 11.8 Å². The van der Waals surface area contributed by atoms with Crippen LogP contribution in [0.2, 0.25) is 0 Å². The van der Waals surface area contributed by atoms with Crippen molar-refractivity contribution in [1.82, 2.24) is 0 Å². The molecule has 104 valence electrons. The van der Waals surface area contributed by atoms with Gasteiger partial charge in [0, 0.05) is 28.6 Å². The molecule has 2 unspecified atom stereocenters. The van der Waals surface area contributed by atoms with Gasteiger partial charge in [-0.25, -0.2) is 0 Å². The first-order valence-electron chi connectivity index (χ1n) is 6.73. The third-order valence-electron chi connectivity index (χ3n) is 3.55. The van der Waals surface area contributed by atoms with E-state index >= 15 is 0 Å². The summed E-state index contributed by atoms with van der Waals surface area (Å²) < 4.78 is 0. The van der Waals surface area contributed by atoms with Crippen LogP contribution in [0.4, 0.5) is 11.4 Å². The molecular weight excluding hydrogens is 260 g/mol. The highest BCUT2D eigenvalue weighted by Crippen LogP contribution is 2.32. The van der Waals surface area contributed by atoms with Crippen molar-refractivity contribution in [3.63, 3.8) is 0 Å². The largest absolute Gasteiger partial charge is 0.382 e. The Morgan fingerprint density at radius 3 is 2.89 bits per heavy atom. The summed E-state index contributed by atoms with van der Waals surface area (Å²) in [5, 5.41) is 15.0. The Hall–Kier alpha value is -1.23. The van der Waals surface area contributed by atoms with Crippen LogP contribution < -0.4 is 5.32 Å². The molecule has 1 N–H and O–H groups in total. The van der Waals surface area contributed by atoms with Crippen molar-refractivity contribution in [3.05, 3.63) is 33.9 Å². The molecular formula is C14H20N2O2S. The highest BCUT2D eigenvalue weighted by Gasteiger charge is 2.24. The van der Waals surface area contributed by atoms with Crippen molar-refractivity contribution in [2.24, 2.45) is 0 Å². The second-order valence-electron chi connectivity index (χ2n) is 4.99. The molecule has 5 heteroatoms. The van der Waals surface area contributed by atoms with Gasteiger partial charge in [-0.1, -0.05) is 6.92 Å². The van der Waals surface area contributed by atoms with Crippen LogP contribution in [0.3, 0.4) is 0 Å². The van der Waals surface area contributed by atoms with Crippen LogP contribution in [0, 0.1) is 17.0 Å². The highest BCUT2D eigenvalue weighted by molar-refractivity contribution is 7.99. The lowest BCUT2D eigenvalue weighted by Crippen LogP contribution is -2.16. The van der Waals surface area contributed by atoms with E-state index in [1.807, 2.05) is 23.9 Å². The van der Waals surface area contributed by atoms with Gasteiger partial charge in [0.15, 0.2) is 0 Å². The summed E-state index contributed by atoms with van der Waals surface area (Å²) in [5.41, 5.74) is 1.90. The van der Waals surface area contributed by atoms with Gasteiger partial charge in [-0.3, -0.25) is 10.1 Å². The zero-order valence-electron chi connectivity index (χ0n) is 11.4. The van der Waals surface area contributed by atoms with E-state index in [0.29, 0.717) is 11.6 Å². The van der Waals surface area contributed by atoms with E-state index in [9.17, 15) is 10.1 Å². The van der Waals surface area contributed by atoms with E-state index in [-0.39, 0.29) is 10.6 Å². The summed E-state index contributed by atoms with van der Waals surface area (Å²) >= 11 is 2.03. The second-order valence-corrected chi connectivity index (χ2v) is 6.57. The van der Waals surface area contributed by atoms with Crippen molar-refractivity contribution in [3.8, 4) is 0 Å². The number of nitrogens with one attached hydrogen (secondary N) is 1. The molecule has 1 fully saturated rings. The van der Waals surface area contributed by atoms with Crippen molar-refractivity contribution in [2.45, 2.75) is 44.4 Å². The minimum absolute atomic E-state index is 0.191. The zero-order valence-corrected chi connectivity index (χ0v) is 12.2. The fourth-order valence-corrected chi connectivity index (χ4v) is 3.79. The maximum Gasteiger partial charge on any atom is 0.272 e. The molecule has 1 aromatic carbocycles. The zero-order chi connectivity index (χ0) is 13.8. The number of nitrogens with zero attached hydrogens (tertiary/aromatic N) is 1. The highest BCUT2D eigenvalue weighted by atomic mass is 32.2. The molecule has 0 heterocycles. The summed E-state index contributed by atoms with van der Waals surface area (Å²) in [7, 11) is 0. The van der Waals surface area contributed by atoms with E-state index in [1.54, 1.807) is 13.0 Å². The summed E-state index contributed by atoms with van der Waals surface area (Å²) in [6, 6.07) is 5.78. The lowest BCUT2D eigenvalue weighted by atomic mass is 10.1. The fraction of sp³-hybridized carbons (Fsp3) is 0.571. The van der Waals surface area contributed by atoms with E-state index < -0.39 is 0 Å². The minimum atomic E-state index is -0.331. The Kier molecular flexibility index (Phi) is 4.69. The molecule has 0 amide bonds. The maximum absolute atomic E-state index is 10.8. The third kappa shape index (κ3) is 3.62. The van der Waals surface area contributed by atoms with E-state index in [2.05, 4.69) is 12.2 Å². The van der Waals surface area contributed by atoms with Crippen LogP contribution in [-0.4, -0.2) is 22.0 Å². The molecule has 0 radical (unpaired) electrons. The monoisotopic (exact) mass is 280 g/mol. The SMILES string of the molecule is CCSC1CCC(Nc2ccc([N+](=O)[O-])c(C)c2)C1. The van der Waals surface area contributed by atoms with Crippen LogP contribution in [0.15, 0.2) is 18.2 Å². The fourth-order valence-electron chi connectivity index (χ4n) is 2.64. The van der Waals surface area contributed by atoms with Crippen molar-refractivity contribution in [1.29, 1.82) is 0 Å². The summed E-state index contributed by atoms with van der Waals surface area (Å²) in [4.78, 5) is 10.4. The Morgan fingerprint density at radius 2 is 2.26 bits per heavy atom. The Labute approximate surface area is 118 Å².